The zero-order valence-corrected chi connectivity index (χ0v) is 19.1. The molecule has 2 N–H and O–H groups in total. The Morgan fingerprint density at radius 3 is 2.10 bits per heavy atom. The van der Waals surface area contributed by atoms with E-state index >= 15 is 0 Å². The van der Waals surface area contributed by atoms with Crippen LogP contribution in [0.1, 0.15) is 16.7 Å². The lowest BCUT2D eigenvalue weighted by atomic mass is 10.1. The second-order valence-corrected chi connectivity index (χ2v) is 6.32. The number of hydrogen-bond donors (Lipinski definition) is 2. The van der Waals surface area contributed by atoms with Gasteiger partial charge in [-0.15, -0.1) is 24.0 Å². The zero-order chi connectivity index (χ0) is 21.0. The first-order valence-corrected chi connectivity index (χ1v) is 9.25. The molecule has 0 saturated heterocycles. The Morgan fingerprint density at radius 1 is 0.867 bits per heavy atom. The van der Waals surface area contributed by atoms with E-state index in [2.05, 4.69) is 20.4 Å². The number of hydrogen-bond acceptors (Lipinski definition) is 3. The predicted molar refractivity (Wildman–Crippen MR) is 122 cm³/mol. The number of nitrogens with one attached hydrogen (secondary N) is 2. The van der Waals surface area contributed by atoms with Crippen LogP contribution >= 0.6 is 24.0 Å². The smallest absolute Gasteiger partial charge is 0.375 e. The molecule has 0 aromatic heterocycles. The molecular formula is C21H27F3IN3O2. The van der Waals surface area contributed by atoms with Gasteiger partial charge in [0.05, 0.1) is 19.8 Å². The fraction of sp³-hybridized carbons (Fsp3) is 0.381. The Balaban J connectivity index is 0.00000450. The Kier molecular flexibility index (Phi) is 12.4. The van der Waals surface area contributed by atoms with E-state index in [4.69, 9.17) is 4.74 Å². The Labute approximate surface area is 192 Å². The zero-order valence-electron chi connectivity index (χ0n) is 16.7. The van der Waals surface area contributed by atoms with Crippen molar-refractivity contribution < 1.29 is 22.6 Å². The van der Waals surface area contributed by atoms with Gasteiger partial charge in [0.2, 0.25) is 0 Å². The van der Waals surface area contributed by atoms with Gasteiger partial charge in [-0.3, -0.25) is 4.99 Å². The van der Waals surface area contributed by atoms with E-state index in [9.17, 15) is 13.2 Å². The van der Waals surface area contributed by atoms with Crippen LogP contribution in [0.5, 0.6) is 0 Å². The minimum absolute atomic E-state index is 0. The number of aliphatic imine (C=N–C) groups is 1. The van der Waals surface area contributed by atoms with Crippen molar-refractivity contribution in [1.82, 2.24) is 10.6 Å². The minimum atomic E-state index is -4.31. The maximum Gasteiger partial charge on any atom is 0.411 e. The van der Waals surface area contributed by atoms with Gasteiger partial charge in [-0.2, -0.15) is 13.2 Å². The van der Waals surface area contributed by atoms with E-state index in [-0.39, 0.29) is 30.6 Å². The van der Waals surface area contributed by atoms with Crippen LogP contribution in [0.3, 0.4) is 0 Å². The van der Waals surface area contributed by atoms with Gasteiger partial charge in [0.15, 0.2) is 5.96 Å². The van der Waals surface area contributed by atoms with Gasteiger partial charge in [-0.25, -0.2) is 0 Å². The fourth-order valence-electron chi connectivity index (χ4n) is 2.45. The van der Waals surface area contributed by atoms with Crippen molar-refractivity contribution in [3.8, 4) is 0 Å². The Hall–Kier alpha value is -1.85. The maximum absolute atomic E-state index is 12.1. The molecule has 30 heavy (non-hydrogen) atoms. The number of halogens is 4. The highest BCUT2D eigenvalue weighted by Gasteiger charge is 2.27. The van der Waals surface area contributed by atoms with Gasteiger partial charge in [0, 0.05) is 20.1 Å². The monoisotopic (exact) mass is 537 g/mol. The summed E-state index contributed by atoms with van der Waals surface area (Å²) in [4.78, 5) is 4.15. The molecule has 0 saturated carbocycles. The van der Waals surface area contributed by atoms with Gasteiger partial charge in [0.1, 0.15) is 6.61 Å². The van der Waals surface area contributed by atoms with Crippen molar-refractivity contribution in [2.24, 2.45) is 4.99 Å². The molecule has 0 bridgehead atoms. The number of alkyl halides is 3. The summed E-state index contributed by atoms with van der Waals surface area (Å²) in [6.45, 7) is 0.943. The number of benzene rings is 2. The lowest BCUT2D eigenvalue weighted by molar-refractivity contribution is -0.176. The van der Waals surface area contributed by atoms with Crippen LogP contribution in [-0.4, -0.2) is 38.9 Å². The van der Waals surface area contributed by atoms with E-state index in [1.165, 1.54) is 0 Å². The van der Waals surface area contributed by atoms with Gasteiger partial charge in [0.25, 0.3) is 0 Å². The first kappa shape index (κ1) is 26.2. The van der Waals surface area contributed by atoms with Gasteiger partial charge >= 0.3 is 6.18 Å². The van der Waals surface area contributed by atoms with Gasteiger partial charge < -0.3 is 20.1 Å². The first-order valence-electron chi connectivity index (χ1n) is 9.25. The standard InChI is InChI=1S/C21H26F3N3O2.HI/c1-25-20(26-11-12-28-14-18-5-3-2-4-6-18)27-13-17-7-9-19(10-8-17)15-29-16-21(22,23)24;/h2-10H,11-16H2,1H3,(H2,25,26,27);1H. The quantitative estimate of drug-likeness (QED) is 0.206. The Bertz CT molecular complexity index is 741. The second kappa shape index (κ2) is 14.2. The SMILES string of the molecule is CN=C(NCCOCc1ccccc1)NCc1ccc(COCC(F)(F)F)cc1.I. The number of ether oxygens (including phenoxy) is 2. The summed E-state index contributed by atoms with van der Waals surface area (Å²) in [5.74, 6) is 0.644. The van der Waals surface area contributed by atoms with Crippen LogP contribution in [0.2, 0.25) is 0 Å². The second-order valence-electron chi connectivity index (χ2n) is 6.32. The molecule has 0 fully saturated rings. The number of guanidine groups is 1. The molecule has 0 heterocycles. The lowest BCUT2D eigenvalue weighted by Crippen LogP contribution is -2.38. The van der Waals surface area contributed by atoms with Crippen molar-refractivity contribution in [3.63, 3.8) is 0 Å². The molecule has 5 nitrogen and oxygen atoms in total. The molecule has 2 aromatic rings. The summed E-state index contributed by atoms with van der Waals surface area (Å²) in [5.41, 5.74) is 2.80. The highest BCUT2D eigenvalue weighted by atomic mass is 127. The number of nitrogens with zero attached hydrogens (tertiary/aromatic N) is 1. The van der Waals surface area contributed by atoms with Crippen molar-refractivity contribution in [3.05, 3.63) is 71.3 Å². The minimum Gasteiger partial charge on any atom is -0.375 e. The average Bonchev–Trinajstić information content (AvgIpc) is 2.71. The lowest BCUT2D eigenvalue weighted by Gasteiger charge is -2.13. The summed E-state index contributed by atoms with van der Waals surface area (Å²) in [7, 11) is 1.68. The molecule has 0 aliphatic heterocycles. The fourth-order valence-corrected chi connectivity index (χ4v) is 2.45. The molecular weight excluding hydrogens is 510 g/mol. The Morgan fingerprint density at radius 2 is 1.47 bits per heavy atom. The first-order chi connectivity index (χ1) is 14.0. The third-order valence-electron chi connectivity index (χ3n) is 3.89. The molecule has 0 unspecified atom stereocenters. The van der Waals surface area contributed by atoms with E-state index in [1.807, 2.05) is 42.5 Å². The molecule has 2 aromatic carbocycles. The van der Waals surface area contributed by atoms with Crippen LogP contribution in [0.15, 0.2) is 59.6 Å². The summed E-state index contributed by atoms with van der Waals surface area (Å²) in [6, 6.07) is 17.1. The molecule has 2 rings (SSSR count). The van der Waals surface area contributed by atoms with Crippen molar-refractivity contribution in [2.45, 2.75) is 25.9 Å². The summed E-state index contributed by atoms with van der Waals surface area (Å²) in [5, 5.41) is 6.35. The molecule has 0 radical (unpaired) electrons. The van der Waals surface area contributed by atoms with E-state index < -0.39 is 12.8 Å². The van der Waals surface area contributed by atoms with Crippen LogP contribution < -0.4 is 10.6 Å². The molecule has 0 aliphatic rings. The maximum atomic E-state index is 12.1. The van der Waals surface area contributed by atoms with Crippen LogP contribution in [0, 0.1) is 0 Å². The molecule has 0 amide bonds. The van der Waals surface area contributed by atoms with Crippen molar-refractivity contribution in [1.29, 1.82) is 0 Å². The van der Waals surface area contributed by atoms with Crippen molar-refractivity contribution >= 4 is 29.9 Å². The van der Waals surface area contributed by atoms with Crippen molar-refractivity contribution in [2.75, 3.05) is 26.8 Å². The van der Waals surface area contributed by atoms with E-state index in [0.717, 1.165) is 11.1 Å². The topological polar surface area (TPSA) is 54.9 Å². The highest BCUT2D eigenvalue weighted by molar-refractivity contribution is 14.0. The molecule has 0 aliphatic carbocycles. The number of rotatable bonds is 10. The summed E-state index contributed by atoms with van der Waals surface area (Å²) < 4.78 is 46.5. The third kappa shape index (κ3) is 11.4. The molecule has 0 atom stereocenters. The average molecular weight is 537 g/mol. The molecule has 0 spiro atoms. The molecule has 9 heteroatoms. The van der Waals surface area contributed by atoms with E-state index in [0.29, 0.717) is 37.8 Å². The van der Waals surface area contributed by atoms with Crippen LogP contribution in [0.4, 0.5) is 13.2 Å². The summed E-state index contributed by atoms with van der Waals surface area (Å²) in [6.07, 6.45) is -4.31. The predicted octanol–water partition coefficient (Wildman–Crippen LogP) is 4.27. The molecule has 166 valence electrons. The largest absolute Gasteiger partial charge is 0.411 e. The summed E-state index contributed by atoms with van der Waals surface area (Å²) >= 11 is 0. The normalized spacial score (nSPS) is 11.7. The van der Waals surface area contributed by atoms with Gasteiger partial charge in [-0.05, 0) is 16.7 Å². The van der Waals surface area contributed by atoms with Crippen LogP contribution in [0.25, 0.3) is 0 Å². The van der Waals surface area contributed by atoms with E-state index in [1.54, 1.807) is 19.2 Å². The highest BCUT2D eigenvalue weighted by Crippen LogP contribution is 2.15. The third-order valence-corrected chi connectivity index (χ3v) is 3.89. The van der Waals surface area contributed by atoms with Gasteiger partial charge in [-0.1, -0.05) is 54.6 Å². The van der Waals surface area contributed by atoms with Crippen LogP contribution in [-0.2, 0) is 29.2 Å².